The molecule has 1 aromatic heterocycles. The second-order valence-corrected chi connectivity index (χ2v) is 8.80. The van der Waals surface area contributed by atoms with E-state index in [0.717, 1.165) is 6.26 Å². The predicted octanol–water partition coefficient (Wildman–Crippen LogP) is -0.367. The van der Waals surface area contributed by atoms with Crippen LogP contribution in [-0.4, -0.2) is 45.4 Å². The molecule has 1 heterocycles. The van der Waals surface area contributed by atoms with Crippen molar-refractivity contribution >= 4 is 20.0 Å². The van der Waals surface area contributed by atoms with Gasteiger partial charge >= 0.3 is 0 Å². The summed E-state index contributed by atoms with van der Waals surface area (Å²) in [6, 6.07) is 0. The second kappa shape index (κ2) is 5.43. The lowest BCUT2D eigenvalue weighted by atomic mass is 10.1. The highest BCUT2D eigenvalue weighted by Crippen LogP contribution is 2.16. The van der Waals surface area contributed by atoms with Gasteiger partial charge in [0, 0.05) is 12.1 Å². The molecule has 10 heteroatoms. The average molecular weight is 324 g/mol. The summed E-state index contributed by atoms with van der Waals surface area (Å²) in [4.78, 5) is 0.0904. The molecule has 20 heavy (non-hydrogen) atoms. The molecule has 1 aromatic rings. The van der Waals surface area contributed by atoms with Crippen LogP contribution in [0.3, 0.4) is 0 Å². The molecule has 3 N–H and O–H groups in total. The van der Waals surface area contributed by atoms with Crippen LogP contribution < -0.4 is 9.44 Å². The number of aryl methyl sites for hydroxylation is 2. The van der Waals surface area contributed by atoms with Crippen molar-refractivity contribution < 1.29 is 16.8 Å². The lowest BCUT2D eigenvalue weighted by Gasteiger charge is -2.25. The number of nitrogens with zero attached hydrogens (tertiary/aromatic N) is 1. The number of aromatic nitrogens is 2. The van der Waals surface area contributed by atoms with Gasteiger partial charge in [-0.2, -0.15) is 5.10 Å². The maximum atomic E-state index is 12.2. The SMILES string of the molecule is Cc1n[nH]c(C)c1S(=O)(=O)NCC(C)(C)NS(C)(=O)=O. The normalized spacial score (nSPS) is 13.7. The van der Waals surface area contributed by atoms with E-state index in [-0.39, 0.29) is 11.4 Å². The van der Waals surface area contributed by atoms with Crippen LogP contribution in [0.2, 0.25) is 0 Å². The Bertz CT molecular complexity index is 669. The average Bonchev–Trinajstić information content (AvgIpc) is 2.53. The molecule has 0 aliphatic carbocycles. The molecule has 0 spiro atoms. The number of hydrogen-bond donors (Lipinski definition) is 3. The first-order valence-corrected chi connectivity index (χ1v) is 9.22. The summed E-state index contributed by atoms with van der Waals surface area (Å²) in [6.45, 7) is 6.29. The summed E-state index contributed by atoms with van der Waals surface area (Å²) >= 11 is 0. The molecular weight excluding hydrogens is 304 g/mol. The van der Waals surface area contributed by atoms with Crippen molar-refractivity contribution in [3.63, 3.8) is 0 Å². The summed E-state index contributed by atoms with van der Waals surface area (Å²) in [5.41, 5.74) is -0.139. The molecule has 0 unspecified atom stereocenters. The van der Waals surface area contributed by atoms with Gasteiger partial charge in [0.15, 0.2) is 0 Å². The fourth-order valence-corrected chi connectivity index (χ4v) is 4.48. The zero-order chi connectivity index (χ0) is 15.8. The molecule has 1 rings (SSSR count). The monoisotopic (exact) mass is 324 g/mol. The van der Waals surface area contributed by atoms with E-state index in [2.05, 4.69) is 19.6 Å². The van der Waals surface area contributed by atoms with Gasteiger partial charge in [0.1, 0.15) is 4.90 Å². The highest BCUT2D eigenvalue weighted by Gasteiger charge is 2.27. The number of sulfonamides is 2. The van der Waals surface area contributed by atoms with Gasteiger partial charge in [-0.15, -0.1) is 0 Å². The maximum absolute atomic E-state index is 12.2. The van der Waals surface area contributed by atoms with E-state index in [1.54, 1.807) is 27.7 Å². The van der Waals surface area contributed by atoms with Crippen molar-refractivity contribution in [2.45, 2.75) is 38.1 Å². The van der Waals surface area contributed by atoms with E-state index in [1.807, 2.05) is 0 Å². The molecule has 0 saturated carbocycles. The third kappa shape index (κ3) is 4.54. The molecule has 0 fully saturated rings. The van der Waals surface area contributed by atoms with Gasteiger partial charge in [-0.05, 0) is 27.7 Å². The number of H-pyrrole nitrogens is 1. The number of hydrogen-bond acceptors (Lipinski definition) is 5. The third-order valence-corrected chi connectivity index (χ3v) is 5.08. The molecule has 0 saturated heterocycles. The minimum absolute atomic E-state index is 0.0769. The smallest absolute Gasteiger partial charge is 0.244 e. The fraction of sp³-hybridized carbons (Fsp3) is 0.700. The van der Waals surface area contributed by atoms with Crippen LogP contribution >= 0.6 is 0 Å². The topological polar surface area (TPSA) is 121 Å². The van der Waals surface area contributed by atoms with Gasteiger partial charge in [-0.25, -0.2) is 26.3 Å². The summed E-state index contributed by atoms with van der Waals surface area (Å²) in [5, 5.41) is 6.43. The Balaban J connectivity index is 2.89. The molecule has 0 aromatic carbocycles. The van der Waals surface area contributed by atoms with Gasteiger partial charge < -0.3 is 0 Å². The lowest BCUT2D eigenvalue weighted by molar-refractivity contribution is 0.446. The van der Waals surface area contributed by atoms with Crippen LogP contribution in [0.4, 0.5) is 0 Å². The Morgan fingerprint density at radius 3 is 2.15 bits per heavy atom. The molecular formula is C10H20N4O4S2. The second-order valence-electron chi connectivity index (χ2n) is 5.35. The zero-order valence-corrected chi connectivity index (χ0v) is 13.7. The molecule has 0 atom stereocenters. The summed E-state index contributed by atoms with van der Waals surface area (Å²) in [5.74, 6) is 0. The van der Waals surface area contributed by atoms with E-state index in [0.29, 0.717) is 11.4 Å². The fourth-order valence-electron chi connectivity index (χ4n) is 1.82. The van der Waals surface area contributed by atoms with Crippen molar-refractivity contribution in [1.82, 2.24) is 19.6 Å². The van der Waals surface area contributed by atoms with E-state index in [4.69, 9.17) is 0 Å². The first-order chi connectivity index (χ1) is 8.84. The van der Waals surface area contributed by atoms with Gasteiger partial charge in [0.05, 0.1) is 17.6 Å². The highest BCUT2D eigenvalue weighted by molar-refractivity contribution is 7.89. The highest BCUT2D eigenvalue weighted by atomic mass is 32.2. The quantitative estimate of drug-likeness (QED) is 0.659. The minimum atomic E-state index is -3.75. The van der Waals surface area contributed by atoms with Gasteiger partial charge in [-0.1, -0.05) is 0 Å². The summed E-state index contributed by atoms with van der Waals surface area (Å²) in [7, 11) is -7.17. The molecule has 0 amide bonds. The molecule has 0 bridgehead atoms. The summed E-state index contributed by atoms with van der Waals surface area (Å²) < 4.78 is 51.6. The Labute approximate surface area is 119 Å². The Hall–Kier alpha value is -0.970. The van der Waals surface area contributed by atoms with Crippen LogP contribution in [-0.2, 0) is 20.0 Å². The zero-order valence-electron chi connectivity index (χ0n) is 12.1. The molecule has 8 nitrogen and oxygen atoms in total. The predicted molar refractivity (Wildman–Crippen MR) is 75.3 cm³/mol. The van der Waals surface area contributed by atoms with Crippen LogP contribution in [0.25, 0.3) is 0 Å². The van der Waals surface area contributed by atoms with E-state index >= 15 is 0 Å². The first-order valence-electron chi connectivity index (χ1n) is 5.84. The number of aromatic amines is 1. The molecule has 0 radical (unpaired) electrons. The molecule has 0 aliphatic heterocycles. The third-order valence-electron chi connectivity index (χ3n) is 2.50. The number of rotatable bonds is 6. The maximum Gasteiger partial charge on any atom is 0.244 e. The Morgan fingerprint density at radius 1 is 1.20 bits per heavy atom. The van der Waals surface area contributed by atoms with Crippen LogP contribution in [0.1, 0.15) is 25.2 Å². The van der Waals surface area contributed by atoms with Crippen LogP contribution in [0.15, 0.2) is 4.90 Å². The minimum Gasteiger partial charge on any atom is -0.281 e. The van der Waals surface area contributed by atoms with Crippen molar-refractivity contribution in [1.29, 1.82) is 0 Å². The first kappa shape index (κ1) is 17.1. The van der Waals surface area contributed by atoms with Crippen molar-refractivity contribution in [2.75, 3.05) is 12.8 Å². The summed E-state index contributed by atoms with van der Waals surface area (Å²) in [6.07, 6.45) is 1.02. The molecule has 116 valence electrons. The van der Waals surface area contributed by atoms with E-state index in [9.17, 15) is 16.8 Å². The van der Waals surface area contributed by atoms with Crippen LogP contribution in [0.5, 0.6) is 0 Å². The van der Waals surface area contributed by atoms with E-state index < -0.39 is 25.6 Å². The van der Waals surface area contributed by atoms with Gasteiger partial charge in [0.25, 0.3) is 0 Å². The Kier molecular flexibility index (Phi) is 4.64. The largest absolute Gasteiger partial charge is 0.281 e. The van der Waals surface area contributed by atoms with Gasteiger partial charge in [-0.3, -0.25) is 5.10 Å². The molecule has 0 aliphatic rings. The van der Waals surface area contributed by atoms with Crippen molar-refractivity contribution in [2.24, 2.45) is 0 Å². The Morgan fingerprint density at radius 2 is 1.75 bits per heavy atom. The van der Waals surface area contributed by atoms with Crippen molar-refractivity contribution in [3.8, 4) is 0 Å². The lowest BCUT2D eigenvalue weighted by Crippen LogP contribution is -2.51. The standard InChI is InChI=1S/C10H20N4O4S2/c1-7-9(8(2)13-12-7)20(17,18)11-6-10(3,4)14-19(5,15)16/h11,14H,6H2,1-5H3,(H,12,13). The van der Waals surface area contributed by atoms with E-state index in [1.165, 1.54) is 0 Å². The number of nitrogens with one attached hydrogen (secondary N) is 3. The van der Waals surface area contributed by atoms with Crippen LogP contribution in [0, 0.1) is 13.8 Å². The van der Waals surface area contributed by atoms with Crippen molar-refractivity contribution in [3.05, 3.63) is 11.4 Å². The van der Waals surface area contributed by atoms with Gasteiger partial charge in [0.2, 0.25) is 20.0 Å².